The van der Waals surface area contributed by atoms with Gasteiger partial charge >= 0.3 is 0 Å². The number of hydrogen-bond donors (Lipinski definition) is 2. The smallest absolute Gasteiger partial charge is 0.269 e. The Bertz CT molecular complexity index is 441. The van der Waals surface area contributed by atoms with Gasteiger partial charge in [0.1, 0.15) is 0 Å². The second kappa shape index (κ2) is 5.80. The minimum Gasteiger partial charge on any atom is -0.396 e. The average Bonchev–Trinajstić information content (AvgIpc) is 2.35. The van der Waals surface area contributed by atoms with Crippen LogP contribution in [0.25, 0.3) is 10.4 Å². The third kappa shape index (κ3) is 3.15. The fourth-order valence-corrected chi connectivity index (χ4v) is 1.28. The lowest BCUT2D eigenvalue weighted by Crippen LogP contribution is -2.19. The van der Waals surface area contributed by atoms with Gasteiger partial charge in [0, 0.05) is 17.0 Å². The van der Waals surface area contributed by atoms with Gasteiger partial charge in [-0.25, -0.2) is 0 Å². The van der Waals surface area contributed by atoms with Crippen molar-refractivity contribution in [3.63, 3.8) is 0 Å². The van der Waals surface area contributed by atoms with Gasteiger partial charge in [0.2, 0.25) is 0 Å². The third-order valence-corrected chi connectivity index (χ3v) is 2.20. The van der Waals surface area contributed by atoms with Crippen molar-refractivity contribution in [1.82, 2.24) is 0 Å². The monoisotopic (exact) mass is 238 g/mol. The number of aliphatic hydroxyl groups is 2. The van der Waals surface area contributed by atoms with E-state index in [9.17, 15) is 15.2 Å². The first kappa shape index (κ1) is 12.9. The first-order valence-corrected chi connectivity index (χ1v) is 4.67. The van der Waals surface area contributed by atoms with Crippen LogP contribution in [0, 0.1) is 10.1 Å². The van der Waals surface area contributed by atoms with Crippen LogP contribution in [0.3, 0.4) is 0 Å². The van der Waals surface area contributed by atoms with Crippen LogP contribution in [0.2, 0.25) is 0 Å². The van der Waals surface area contributed by atoms with E-state index >= 15 is 0 Å². The predicted molar refractivity (Wildman–Crippen MR) is 58.1 cm³/mol. The van der Waals surface area contributed by atoms with E-state index in [2.05, 4.69) is 10.0 Å². The fourth-order valence-electron chi connectivity index (χ4n) is 1.28. The molecule has 8 heteroatoms. The summed E-state index contributed by atoms with van der Waals surface area (Å²) in [6, 6.07) is 4.13. The van der Waals surface area contributed by atoms with Crippen molar-refractivity contribution in [1.29, 1.82) is 0 Å². The summed E-state index contributed by atoms with van der Waals surface area (Å²) in [4.78, 5) is 12.3. The number of rotatable bonds is 5. The third-order valence-electron chi connectivity index (χ3n) is 2.20. The lowest BCUT2D eigenvalue weighted by atomic mass is 10.0. The summed E-state index contributed by atoms with van der Waals surface area (Å²) in [5.74, 6) is 0. The maximum atomic E-state index is 10.4. The summed E-state index contributed by atoms with van der Waals surface area (Å²) in [6.07, 6.45) is -1.20. The number of aliphatic hydroxyl groups excluding tert-OH is 2. The maximum absolute atomic E-state index is 10.4. The van der Waals surface area contributed by atoms with Crippen LogP contribution >= 0.6 is 0 Å². The zero-order valence-corrected chi connectivity index (χ0v) is 8.67. The first-order valence-electron chi connectivity index (χ1n) is 4.67. The molecule has 0 saturated heterocycles. The van der Waals surface area contributed by atoms with Crippen LogP contribution in [0.15, 0.2) is 29.4 Å². The Morgan fingerprint density at radius 3 is 2.47 bits per heavy atom. The molecule has 0 aliphatic heterocycles. The number of benzene rings is 1. The van der Waals surface area contributed by atoms with Crippen molar-refractivity contribution in [2.75, 3.05) is 6.61 Å². The molecule has 8 nitrogen and oxygen atoms in total. The molecule has 2 N–H and O–H groups in total. The van der Waals surface area contributed by atoms with E-state index in [-0.39, 0.29) is 5.69 Å². The average molecular weight is 238 g/mol. The molecule has 90 valence electrons. The van der Waals surface area contributed by atoms with Gasteiger partial charge < -0.3 is 10.2 Å². The van der Waals surface area contributed by atoms with E-state index in [0.29, 0.717) is 5.56 Å². The maximum Gasteiger partial charge on any atom is 0.269 e. The Morgan fingerprint density at radius 2 is 2.06 bits per heavy atom. The highest BCUT2D eigenvalue weighted by Crippen LogP contribution is 2.21. The minimum absolute atomic E-state index is 0.106. The first-order chi connectivity index (χ1) is 8.10. The molecule has 2 atom stereocenters. The van der Waals surface area contributed by atoms with E-state index in [0.717, 1.165) is 0 Å². The number of nitrogens with zero attached hydrogens (tertiary/aromatic N) is 4. The second-order valence-electron chi connectivity index (χ2n) is 3.25. The highest BCUT2D eigenvalue weighted by molar-refractivity contribution is 5.34. The molecule has 0 spiro atoms. The van der Waals surface area contributed by atoms with E-state index < -0.39 is 23.7 Å². The molecular formula is C9H10N4O4. The molecule has 1 aromatic carbocycles. The second-order valence-corrected chi connectivity index (χ2v) is 3.25. The van der Waals surface area contributed by atoms with Crippen molar-refractivity contribution in [2.45, 2.75) is 12.1 Å². The van der Waals surface area contributed by atoms with Gasteiger partial charge in [-0.2, -0.15) is 0 Å². The lowest BCUT2D eigenvalue weighted by Gasteiger charge is -2.15. The molecule has 1 aromatic rings. The number of nitro groups is 1. The molecule has 0 radical (unpaired) electrons. The zero-order valence-electron chi connectivity index (χ0n) is 8.67. The predicted octanol–water partition coefficient (Wildman–Crippen LogP) is 1.30. The van der Waals surface area contributed by atoms with E-state index in [1.165, 1.54) is 24.3 Å². The molecular weight excluding hydrogens is 228 g/mol. The van der Waals surface area contributed by atoms with Crippen LogP contribution in [0.5, 0.6) is 0 Å². The summed E-state index contributed by atoms with van der Waals surface area (Å²) in [5.41, 5.74) is 8.46. The molecule has 0 heterocycles. The molecule has 0 saturated carbocycles. The van der Waals surface area contributed by atoms with E-state index in [4.69, 9.17) is 10.6 Å². The SMILES string of the molecule is [N-]=[N+]=N[C@H](CO)[C@H](O)c1ccc([N+](=O)[O-])cc1. The molecule has 0 amide bonds. The highest BCUT2D eigenvalue weighted by atomic mass is 16.6. The van der Waals surface area contributed by atoms with Crippen LogP contribution in [0.4, 0.5) is 5.69 Å². The van der Waals surface area contributed by atoms with Crippen molar-refractivity contribution in [3.8, 4) is 0 Å². The van der Waals surface area contributed by atoms with Crippen molar-refractivity contribution >= 4 is 5.69 Å². The highest BCUT2D eigenvalue weighted by Gasteiger charge is 2.19. The van der Waals surface area contributed by atoms with Gasteiger partial charge in [0.05, 0.1) is 23.7 Å². The summed E-state index contributed by atoms with van der Waals surface area (Å²) in [7, 11) is 0. The number of hydrogen-bond acceptors (Lipinski definition) is 5. The fraction of sp³-hybridized carbons (Fsp3) is 0.333. The Hall–Kier alpha value is -2.15. The van der Waals surface area contributed by atoms with Crippen LogP contribution in [-0.2, 0) is 0 Å². The molecule has 0 unspecified atom stereocenters. The Kier molecular flexibility index (Phi) is 4.41. The molecule has 0 bridgehead atoms. The van der Waals surface area contributed by atoms with Gasteiger partial charge in [-0.3, -0.25) is 10.1 Å². The standard InChI is InChI=1S/C9H10N4O4/c10-12-11-8(5-14)9(15)6-1-3-7(4-2-6)13(16)17/h1-4,8-9,14-15H,5H2/t8-,9-/m1/s1. The normalized spacial score (nSPS) is 13.5. The summed E-state index contributed by atoms with van der Waals surface area (Å²) < 4.78 is 0. The number of non-ortho nitro benzene ring substituents is 1. The molecule has 0 aromatic heterocycles. The lowest BCUT2D eigenvalue weighted by molar-refractivity contribution is -0.384. The van der Waals surface area contributed by atoms with Crippen molar-refractivity contribution in [3.05, 3.63) is 50.4 Å². The Morgan fingerprint density at radius 1 is 1.47 bits per heavy atom. The minimum atomic E-state index is -1.20. The van der Waals surface area contributed by atoms with Gasteiger partial charge in [-0.05, 0) is 23.2 Å². The summed E-state index contributed by atoms with van der Waals surface area (Å²) in [5, 5.41) is 32.3. The summed E-state index contributed by atoms with van der Waals surface area (Å²) in [6.45, 7) is -0.512. The number of azide groups is 1. The molecule has 0 aliphatic rings. The van der Waals surface area contributed by atoms with Gasteiger partial charge in [-0.15, -0.1) is 0 Å². The number of nitro benzene ring substituents is 1. The van der Waals surface area contributed by atoms with Crippen LogP contribution in [-0.4, -0.2) is 27.8 Å². The molecule has 0 fully saturated rings. The zero-order chi connectivity index (χ0) is 12.8. The van der Waals surface area contributed by atoms with E-state index in [1.54, 1.807) is 0 Å². The molecule has 17 heavy (non-hydrogen) atoms. The van der Waals surface area contributed by atoms with Crippen LogP contribution in [0.1, 0.15) is 11.7 Å². The van der Waals surface area contributed by atoms with E-state index in [1.807, 2.05) is 0 Å². The van der Waals surface area contributed by atoms with Crippen molar-refractivity contribution < 1.29 is 15.1 Å². The van der Waals surface area contributed by atoms with Gasteiger partial charge in [-0.1, -0.05) is 5.11 Å². The topological polar surface area (TPSA) is 132 Å². The molecule has 1 rings (SSSR count). The van der Waals surface area contributed by atoms with Gasteiger partial charge in [0.25, 0.3) is 5.69 Å². The van der Waals surface area contributed by atoms with Crippen LogP contribution < -0.4 is 0 Å². The largest absolute Gasteiger partial charge is 0.396 e. The van der Waals surface area contributed by atoms with Gasteiger partial charge in [0.15, 0.2) is 0 Å². The van der Waals surface area contributed by atoms with Crippen molar-refractivity contribution in [2.24, 2.45) is 5.11 Å². The summed E-state index contributed by atoms with van der Waals surface area (Å²) >= 11 is 0. The molecule has 0 aliphatic carbocycles. The Labute approximate surface area is 95.9 Å². The quantitative estimate of drug-likeness (QED) is 0.263. The Balaban J connectivity index is 2.92.